The van der Waals surface area contributed by atoms with Gasteiger partial charge in [0.2, 0.25) is 0 Å². The van der Waals surface area contributed by atoms with Crippen molar-refractivity contribution in [1.29, 1.82) is 0 Å². The molecule has 4 aromatic carbocycles. The fourth-order valence-electron chi connectivity index (χ4n) is 3.17. The number of hydrogen-bond donors (Lipinski definition) is 0. The van der Waals surface area contributed by atoms with Crippen molar-refractivity contribution in [3.05, 3.63) is 58.6 Å². The van der Waals surface area contributed by atoms with Gasteiger partial charge < -0.3 is 0 Å². The summed E-state index contributed by atoms with van der Waals surface area (Å²) in [6.45, 7) is 1.99. The Balaban J connectivity index is 2.18. The maximum Gasteiger partial charge on any atom is 0.178 e. The maximum atomic E-state index is 6.59. The molecule has 0 bridgehead atoms. The molecule has 0 nitrogen and oxygen atoms in total. The van der Waals surface area contributed by atoms with Gasteiger partial charge in [-0.2, -0.15) is 9.12 Å². The number of fused-ring (bicyclic) bond motifs is 5. The zero-order chi connectivity index (χ0) is 16.8. The van der Waals surface area contributed by atoms with Gasteiger partial charge in [-0.05, 0) is 45.0 Å². The Morgan fingerprint density at radius 3 is 1.92 bits per heavy atom. The Morgan fingerprint density at radius 1 is 0.750 bits per heavy atom. The van der Waals surface area contributed by atoms with Gasteiger partial charge in [-0.1, -0.05) is 59.0 Å². The lowest BCUT2D eigenvalue weighted by atomic mass is 9.89. The first-order valence-electron chi connectivity index (χ1n) is 7.42. The highest BCUT2D eigenvalue weighted by Gasteiger charge is 2.12. The van der Waals surface area contributed by atoms with E-state index in [0.29, 0.717) is 0 Å². The third kappa shape index (κ3) is 2.65. The molecule has 2 unspecified atom stereocenters. The molecular formula is C18H11B2Cl2P2. The number of hydrogen-bond acceptors (Lipinski definition) is 0. The first-order chi connectivity index (χ1) is 11.6. The van der Waals surface area contributed by atoms with E-state index in [1.165, 1.54) is 0 Å². The summed E-state index contributed by atoms with van der Waals surface area (Å²) in [7, 11) is 8.67. The van der Waals surface area contributed by atoms with E-state index in [2.05, 4.69) is 45.5 Å². The van der Waals surface area contributed by atoms with Crippen LogP contribution in [0.25, 0.3) is 32.3 Å². The third-order valence-corrected chi connectivity index (χ3v) is 6.00. The Bertz CT molecular complexity index is 1020. The molecule has 0 aliphatic rings. The third-order valence-electron chi connectivity index (χ3n) is 4.35. The molecule has 6 heteroatoms. The molecule has 0 aromatic heterocycles. The maximum absolute atomic E-state index is 6.59. The van der Waals surface area contributed by atoms with Crippen molar-refractivity contribution in [2.45, 2.75) is 0 Å². The van der Waals surface area contributed by atoms with Gasteiger partial charge in [0.15, 0.2) is 7.00 Å². The minimum Gasteiger partial charge on any atom is -0.172 e. The predicted octanol–water partition coefficient (Wildman–Crippen LogP) is 4.96. The van der Waals surface area contributed by atoms with Crippen LogP contribution in [0.1, 0.15) is 0 Å². The highest BCUT2D eigenvalue weighted by Crippen LogP contribution is 2.38. The summed E-state index contributed by atoms with van der Waals surface area (Å²) in [5.41, 5.74) is 1.12. The average molecular weight is 382 g/mol. The van der Waals surface area contributed by atoms with Crippen molar-refractivity contribution in [3.63, 3.8) is 0 Å². The van der Waals surface area contributed by atoms with Crippen LogP contribution >= 0.6 is 40.8 Å². The summed E-state index contributed by atoms with van der Waals surface area (Å²) in [5, 5.41) is 9.08. The van der Waals surface area contributed by atoms with Crippen LogP contribution in [-0.2, 0) is 0 Å². The Hall–Kier alpha value is -0.770. The molecule has 4 rings (SSSR count). The normalized spacial score (nSPS) is 12.0. The van der Waals surface area contributed by atoms with E-state index >= 15 is 0 Å². The van der Waals surface area contributed by atoms with E-state index in [1.807, 2.05) is 19.1 Å². The van der Waals surface area contributed by atoms with Crippen LogP contribution in [0.3, 0.4) is 0 Å². The van der Waals surface area contributed by atoms with Gasteiger partial charge in [-0.3, -0.25) is 0 Å². The van der Waals surface area contributed by atoms with Crippen molar-refractivity contribution in [1.82, 2.24) is 0 Å². The molecule has 0 aliphatic heterocycles. The molecule has 0 saturated heterocycles. The van der Waals surface area contributed by atoms with E-state index in [4.69, 9.17) is 30.8 Å². The van der Waals surface area contributed by atoms with Crippen LogP contribution in [0, 0.1) is 0 Å². The van der Waals surface area contributed by atoms with E-state index < -0.39 is 0 Å². The van der Waals surface area contributed by atoms with Gasteiger partial charge in [-0.25, -0.2) is 0 Å². The van der Waals surface area contributed by atoms with E-state index in [-0.39, 0.29) is 8.46 Å². The second kappa shape index (κ2) is 6.51. The van der Waals surface area contributed by atoms with E-state index in [1.54, 1.807) is 0 Å². The van der Waals surface area contributed by atoms with Crippen molar-refractivity contribution in [2.75, 3.05) is 0 Å². The van der Waals surface area contributed by atoms with Gasteiger partial charge in [0.25, 0.3) is 0 Å². The molecule has 2 atom stereocenters. The fourth-order valence-corrected chi connectivity index (χ4v) is 4.32. The quantitative estimate of drug-likeness (QED) is 0.261. The van der Waals surface area contributed by atoms with Crippen molar-refractivity contribution >= 4 is 98.4 Å². The van der Waals surface area contributed by atoms with Gasteiger partial charge in [0, 0.05) is 20.8 Å². The molecule has 0 aliphatic carbocycles. The van der Waals surface area contributed by atoms with Crippen LogP contribution in [0.15, 0.2) is 48.5 Å². The number of halogens is 2. The molecule has 0 amide bonds. The largest absolute Gasteiger partial charge is 0.178 e. The minimum absolute atomic E-state index is 0.257. The highest BCUT2D eigenvalue weighted by atomic mass is 35.5. The van der Waals surface area contributed by atoms with Crippen LogP contribution in [0.4, 0.5) is 0 Å². The molecular weight excluding hydrogens is 371 g/mol. The molecule has 0 N–H and O–H groups in total. The van der Waals surface area contributed by atoms with Crippen molar-refractivity contribution in [2.24, 2.45) is 0 Å². The second-order valence-electron chi connectivity index (χ2n) is 5.69. The lowest BCUT2D eigenvalue weighted by Crippen LogP contribution is -2.06. The smallest absolute Gasteiger partial charge is 0.172 e. The first kappa shape index (κ1) is 16.7. The van der Waals surface area contributed by atoms with Gasteiger partial charge in [0.1, 0.15) is 7.57 Å². The van der Waals surface area contributed by atoms with Gasteiger partial charge >= 0.3 is 0 Å². The Kier molecular flexibility index (Phi) is 4.53. The number of benzene rings is 4. The second-order valence-corrected chi connectivity index (χ2v) is 7.70. The SMILES string of the molecule is [B]Pc1ccc2c(c1)c(Cl)cc1c3ccc([B]P)cc3c(Cl)cc21. The molecule has 4 aromatic rings. The summed E-state index contributed by atoms with van der Waals surface area (Å²) in [4.78, 5) is 0. The zero-order valence-electron chi connectivity index (χ0n) is 12.6. The predicted molar refractivity (Wildman–Crippen MR) is 118 cm³/mol. The summed E-state index contributed by atoms with van der Waals surface area (Å²) < 4.78 is 0. The summed E-state index contributed by atoms with van der Waals surface area (Å²) in [5.74, 6) is 0. The summed E-state index contributed by atoms with van der Waals surface area (Å²) >= 11 is 13.2. The molecule has 0 saturated carbocycles. The lowest BCUT2D eigenvalue weighted by molar-refractivity contribution is 1.81. The average Bonchev–Trinajstić information content (AvgIpc) is 2.62. The molecule has 3 radical (unpaired) electrons. The summed E-state index contributed by atoms with van der Waals surface area (Å²) in [6, 6.07) is 16.6. The topological polar surface area (TPSA) is 0 Å². The monoisotopic (exact) mass is 381 g/mol. The molecule has 0 fully saturated rings. The standard InChI is InChI=1S/C18H11B2Cl2P2/c19-24-10-2-4-12-14-7-17(21)15-5-9(20-23)1-3-11(15)13(14)8-18(22)16(12)6-10/h1-8,24H,23H2. The molecule has 24 heavy (non-hydrogen) atoms. The Morgan fingerprint density at radius 2 is 1.33 bits per heavy atom. The zero-order valence-corrected chi connectivity index (χ0v) is 16.3. The lowest BCUT2D eigenvalue weighted by Gasteiger charge is -2.12. The van der Waals surface area contributed by atoms with Crippen LogP contribution in [-0.4, -0.2) is 14.6 Å². The minimum atomic E-state index is 0.257. The van der Waals surface area contributed by atoms with Crippen molar-refractivity contribution < 1.29 is 0 Å². The molecule has 0 heterocycles. The van der Waals surface area contributed by atoms with Crippen LogP contribution in [0.5, 0.6) is 0 Å². The number of rotatable bonds is 2. The molecule has 113 valence electrons. The van der Waals surface area contributed by atoms with Gasteiger partial charge in [0.05, 0.1) is 0 Å². The van der Waals surface area contributed by atoms with Crippen LogP contribution < -0.4 is 10.8 Å². The fraction of sp³-hybridized carbons (Fsp3) is 0. The Labute approximate surface area is 156 Å². The van der Waals surface area contributed by atoms with Gasteiger partial charge in [-0.15, -0.1) is 8.46 Å². The molecule has 0 spiro atoms. The first-order valence-corrected chi connectivity index (χ1v) is 9.92. The van der Waals surface area contributed by atoms with Crippen LogP contribution in [0.2, 0.25) is 10.0 Å². The highest BCUT2D eigenvalue weighted by molar-refractivity contribution is 7.73. The van der Waals surface area contributed by atoms with E-state index in [9.17, 15) is 0 Å². The van der Waals surface area contributed by atoms with E-state index in [0.717, 1.165) is 53.1 Å². The summed E-state index contributed by atoms with van der Waals surface area (Å²) in [6.07, 6.45) is 0. The van der Waals surface area contributed by atoms with Crippen molar-refractivity contribution in [3.8, 4) is 0 Å².